The Bertz CT molecular complexity index is 664. The molecule has 2 heterocycles. The van der Waals surface area contributed by atoms with E-state index in [1.54, 1.807) is 18.4 Å². The summed E-state index contributed by atoms with van der Waals surface area (Å²) < 4.78 is 5.24. The number of nitrogens with zero attached hydrogens (tertiary/aromatic N) is 3. The van der Waals surface area contributed by atoms with Gasteiger partial charge in [0.15, 0.2) is 5.96 Å². The van der Waals surface area contributed by atoms with Crippen LogP contribution in [0.3, 0.4) is 0 Å². The number of rotatable bonds is 6. The second kappa shape index (κ2) is 9.40. The lowest BCUT2D eigenvalue weighted by Crippen LogP contribution is -2.52. The van der Waals surface area contributed by atoms with Crippen LogP contribution in [0.2, 0.25) is 0 Å². The zero-order chi connectivity index (χ0) is 18.2. The fourth-order valence-electron chi connectivity index (χ4n) is 3.13. The monoisotopic (exact) mass is 356 g/mol. The highest BCUT2D eigenvalue weighted by atomic mass is 16.4. The maximum absolute atomic E-state index is 10.2. The lowest BCUT2D eigenvalue weighted by molar-refractivity contribution is 0.155. The number of aliphatic hydroxyl groups excluding tert-OH is 1. The van der Waals surface area contributed by atoms with Crippen molar-refractivity contribution in [1.29, 1.82) is 0 Å². The molecule has 3 rings (SSSR count). The van der Waals surface area contributed by atoms with Crippen molar-refractivity contribution in [3.8, 4) is 0 Å². The highest BCUT2D eigenvalue weighted by Crippen LogP contribution is 2.14. The Balaban J connectivity index is 1.53. The van der Waals surface area contributed by atoms with Crippen molar-refractivity contribution in [3.63, 3.8) is 0 Å². The molecule has 0 amide bonds. The van der Waals surface area contributed by atoms with Gasteiger partial charge in [0.05, 0.1) is 12.8 Å². The van der Waals surface area contributed by atoms with E-state index in [-0.39, 0.29) is 0 Å². The average molecular weight is 356 g/mol. The normalized spacial score (nSPS) is 17.3. The standard InChI is InChI=1S/C20H28N4O2/c1-2-21-20(22-15-18(25)19-9-6-14-26-19)24-12-10-23(11-13-24)16-17-7-4-3-5-8-17/h3-9,14,18,25H,2,10-13,15-16H2,1H3,(H,21,22). The summed E-state index contributed by atoms with van der Waals surface area (Å²) in [6.07, 6.45) is 0.859. The lowest BCUT2D eigenvalue weighted by Gasteiger charge is -2.36. The fraction of sp³-hybridized carbons (Fsp3) is 0.450. The van der Waals surface area contributed by atoms with Gasteiger partial charge in [0.2, 0.25) is 0 Å². The summed E-state index contributed by atoms with van der Waals surface area (Å²) in [5.41, 5.74) is 1.35. The molecule has 1 aliphatic rings. The molecule has 6 nitrogen and oxygen atoms in total. The van der Waals surface area contributed by atoms with E-state index < -0.39 is 6.10 Å². The van der Waals surface area contributed by atoms with Crippen LogP contribution in [0, 0.1) is 0 Å². The summed E-state index contributed by atoms with van der Waals surface area (Å²) in [5.74, 6) is 1.41. The lowest BCUT2D eigenvalue weighted by atomic mass is 10.2. The molecule has 0 spiro atoms. The SMILES string of the molecule is CCNC(=NCC(O)c1ccco1)N1CCN(Cc2ccccc2)CC1. The van der Waals surface area contributed by atoms with Gasteiger partial charge in [-0.25, -0.2) is 4.99 Å². The number of furan rings is 1. The molecule has 1 saturated heterocycles. The number of aliphatic imine (C=N–C) groups is 1. The fourth-order valence-corrected chi connectivity index (χ4v) is 3.13. The predicted octanol–water partition coefficient (Wildman–Crippen LogP) is 2.10. The number of guanidine groups is 1. The summed E-state index contributed by atoms with van der Waals surface area (Å²) in [6, 6.07) is 14.1. The number of benzene rings is 1. The minimum Gasteiger partial charge on any atom is -0.467 e. The van der Waals surface area contributed by atoms with E-state index in [0.29, 0.717) is 12.3 Å². The van der Waals surface area contributed by atoms with Gasteiger partial charge in [-0.3, -0.25) is 4.90 Å². The Kier molecular flexibility index (Phi) is 6.68. The third-order valence-electron chi connectivity index (χ3n) is 4.54. The van der Waals surface area contributed by atoms with Gasteiger partial charge in [-0.1, -0.05) is 30.3 Å². The third-order valence-corrected chi connectivity index (χ3v) is 4.54. The first kappa shape index (κ1) is 18.5. The maximum atomic E-state index is 10.2. The van der Waals surface area contributed by atoms with Gasteiger partial charge in [0, 0.05) is 39.3 Å². The van der Waals surface area contributed by atoms with Crippen LogP contribution in [0.4, 0.5) is 0 Å². The first-order valence-electron chi connectivity index (χ1n) is 9.27. The number of piperazine rings is 1. The Morgan fingerprint density at radius 2 is 1.92 bits per heavy atom. The summed E-state index contributed by atoms with van der Waals surface area (Å²) in [4.78, 5) is 9.33. The van der Waals surface area contributed by atoms with Crippen molar-refractivity contribution in [2.75, 3.05) is 39.3 Å². The van der Waals surface area contributed by atoms with Crippen LogP contribution in [-0.4, -0.2) is 60.1 Å². The van der Waals surface area contributed by atoms with E-state index in [9.17, 15) is 5.11 Å². The number of hydrogen-bond acceptors (Lipinski definition) is 4. The smallest absolute Gasteiger partial charge is 0.194 e. The van der Waals surface area contributed by atoms with Crippen molar-refractivity contribution in [2.45, 2.75) is 19.6 Å². The van der Waals surface area contributed by atoms with Crippen LogP contribution >= 0.6 is 0 Å². The zero-order valence-electron chi connectivity index (χ0n) is 15.3. The molecule has 26 heavy (non-hydrogen) atoms. The van der Waals surface area contributed by atoms with Crippen molar-refractivity contribution < 1.29 is 9.52 Å². The van der Waals surface area contributed by atoms with Crippen molar-refractivity contribution in [3.05, 3.63) is 60.1 Å². The summed E-state index contributed by atoms with van der Waals surface area (Å²) >= 11 is 0. The van der Waals surface area contributed by atoms with Gasteiger partial charge in [-0.05, 0) is 24.6 Å². The topological polar surface area (TPSA) is 64.2 Å². The van der Waals surface area contributed by atoms with E-state index in [1.807, 2.05) is 0 Å². The first-order chi connectivity index (χ1) is 12.8. The quantitative estimate of drug-likeness (QED) is 0.613. The van der Waals surface area contributed by atoms with E-state index in [1.165, 1.54) is 5.56 Å². The van der Waals surface area contributed by atoms with Gasteiger partial charge in [0.1, 0.15) is 11.9 Å². The molecule has 0 bridgehead atoms. The summed E-state index contributed by atoms with van der Waals surface area (Å²) in [6.45, 7) is 7.99. The second-order valence-electron chi connectivity index (χ2n) is 6.47. The molecular formula is C20H28N4O2. The van der Waals surface area contributed by atoms with Crippen LogP contribution in [0.25, 0.3) is 0 Å². The van der Waals surface area contributed by atoms with Crippen molar-refractivity contribution >= 4 is 5.96 Å². The van der Waals surface area contributed by atoms with E-state index in [2.05, 4.69) is 57.4 Å². The minimum atomic E-state index is -0.710. The van der Waals surface area contributed by atoms with E-state index >= 15 is 0 Å². The molecule has 0 radical (unpaired) electrons. The van der Waals surface area contributed by atoms with Crippen LogP contribution in [-0.2, 0) is 6.54 Å². The molecule has 1 aromatic heterocycles. The van der Waals surface area contributed by atoms with Crippen LogP contribution < -0.4 is 5.32 Å². The first-order valence-corrected chi connectivity index (χ1v) is 9.27. The zero-order valence-corrected chi connectivity index (χ0v) is 15.3. The molecule has 1 unspecified atom stereocenters. The molecule has 1 fully saturated rings. The summed E-state index contributed by atoms with van der Waals surface area (Å²) in [5, 5.41) is 13.5. The Morgan fingerprint density at radius 3 is 2.58 bits per heavy atom. The molecule has 1 aliphatic heterocycles. The molecule has 0 aliphatic carbocycles. The highest BCUT2D eigenvalue weighted by molar-refractivity contribution is 5.80. The van der Waals surface area contributed by atoms with Crippen molar-refractivity contribution in [1.82, 2.24) is 15.1 Å². The number of hydrogen-bond donors (Lipinski definition) is 2. The molecule has 6 heteroatoms. The number of aliphatic hydroxyl groups is 1. The minimum absolute atomic E-state index is 0.292. The maximum Gasteiger partial charge on any atom is 0.194 e. The number of nitrogens with one attached hydrogen (secondary N) is 1. The molecule has 0 saturated carbocycles. The van der Waals surface area contributed by atoms with Crippen molar-refractivity contribution in [2.24, 2.45) is 4.99 Å². The highest BCUT2D eigenvalue weighted by Gasteiger charge is 2.20. The Morgan fingerprint density at radius 1 is 1.15 bits per heavy atom. The Hall–Kier alpha value is -2.31. The molecule has 1 aromatic carbocycles. The van der Waals surface area contributed by atoms with E-state index in [0.717, 1.165) is 45.2 Å². The van der Waals surface area contributed by atoms with Gasteiger partial charge in [0.25, 0.3) is 0 Å². The van der Waals surface area contributed by atoms with Gasteiger partial charge in [-0.2, -0.15) is 0 Å². The van der Waals surface area contributed by atoms with Crippen LogP contribution in [0.5, 0.6) is 0 Å². The van der Waals surface area contributed by atoms with Gasteiger partial charge < -0.3 is 19.7 Å². The van der Waals surface area contributed by atoms with Crippen LogP contribution in [0.1, 0.15) is 24.4 Å². The third kappa shape index (κ3) is 5.09. The predicted molar refractivity (Wildman–Crippen MR) is 103 cm³/mol. The Labute approximate surface area is 155 Å². The average Bonchev–Trinajstić information content (AvgIpc) is 3.21. The van der Waals surface area contributed by atoms with Gasteiger partial charge >= 0.3 is 0 Å². The van der Waals surface area contributed by atoms with E-state index in [4.69, 9.17) is 4.42 Å². The molecule has 1 atom stereocenters. The molecule has 2 N–H and O–H groups in total. The molecule has 2 aromatic rings. The van der Waals surface area contributed by atoms with Crippen LogP contribution in [0.15, 0.2) is 58.1 Å². The molecular weight excluding hydrogens is 328 g/mol. The largest absolute Gasteiger partial charge is 0.467 e. The molecule has 140 valence electrons. The summed E-state index contributed by atoms with van der Waals surface area (Å²) in [7, 11) is 0. The second-order valence-corrected chi connectivity index (χ2v) is 6.47. The van der Waals surface area contributed by atoms with Gasteiger partial charge in [-0.15, -0.1) is 0 Å².